The van der Waals surface area contributed by atoms with Crippen molar-refractivity contribution in [3.8, 4) is 0 Å². The third-order valence-electron chi connectivity index (χ3n) is 2.89. The van der Waals surface area contributed by atoms with Crippen LogP contribution >= 0.6 is 11.3 Å². The van der Waals surface area contributed by atoms with E-state index in [4.69, 9.17) is 5.73 Å². The summed E-state index contributed by atoms with van der Waals surface area (Å²) in [4.78, 5) is 34.7. The first-order valence-corrected chi connectivity index (χ1v) is 7.56. The summed E-state index contributed by atoms with van der Waals surface area (Å²) in [5.41, 5.74) is 5.86. The predicted molar refractivity (Wildman–Crippen MR) is 85.7 cm³/mol. The number of nitrogens with one attached hydrogen (secondary N) is 2. The van der Waals surface area contributed by atoms with Gasteiger partial charge in [0.25, 0.3) is 5.91 Å². The first kappa shape index (κ1) is 16.6. The lowest BCUT2D eigenvalue weighted by atomic mass is 10.2. The Morgan fingerprint density at radius 1 is 1.00 bits per heavy atom. The van der Waals surface area contributed by atoms with Crippen LogP contribution in [-0.2, 0) is 9.59 Å². The Labute approximate surface area is 135 Å². The second-order valence-corrected chi connectivity index (χ2v) is 5.55. The number of nitrogens with two attached hydrogens (primary N) is 1. The van der Waals surface area contributed by atoms with Gasteiger partial charge in [-0.25, -0.2) is 4.39 Å². The number of amides is 3. The quantitative estimate of drug-likeness (QED) is 0.755. The van der Waals surface area contributed by atoms with Crippen molar-refractivity contribution in [2.24, 2.45) is 5.73 Å². The number of anilines is 2. The summed E-state index contributed by atoms with van der Waals surface area (Å²) in [6, 6.07) is 6.83. The van der Waals surface area contributed by atoms with Crippen LogP contribution in [0.25, 0.3) is 0 Å². The summed E-state index contributed by atoms with van der Waals surface area (Å²) in [5, 5.41) is 7.10. The van der Waals surface area contributed by atoms with Crippen molar-refractivity contribution in [2.45, 2.75) is 12.8 Å². The van der Waals surface area contributed by atoms with E-state index in [-0.39, 0.29) is 24.3 Å². The van der Waals surface area contributed by atoms with Gasteiger partial charge in [0.1, 0.15) is 10.8 Å². The maximum absolute atomic E-state index is 12.8. The SMILES string of the molecule is NC(=O)c1ccsc1NC(=O)CCC(=O)Nc1ccc(F)cc1. The topological polar surface area (TPSA) is 101 Å². The molecule has 0 aliphatic carbocycles. The van der Waals surface area contributed by atoms with Crippen molar-refractivity contribution in [3.63, 3.8) is 0 Å². The van der Waals surface area contributed by atoms with Crippen molar-refractivity contribution in [1.29, 1.82) is 0 Å². The van der Waals surface area contributed by atoms with Crippen LogP contribution in [0.1, 0.15) is 23.2 Å². The molecule has 23 heavy (non-hydrogen) atoms. The van der Waals surface area contributed by atoms with E-state index < -0.39 is 17.6 Å². The number of hydrogen-bond acceptors (Lipinski definition) is 4. The highest BCUT2D eigenvalue weighted by molar-refractivity contribution is 7.14. The number of carbonyl (C=O) groups is 3. The van der Waals surface area contributed by atoms with Crippen LogP contribution in [0.4, 0.5) is 15.1 Å². The molecule has 0 saturated heterocycles. The molecule has 0 spiro atoms. The molecule has 0 radical (unpaired) electrons. The zero-order chi connectivity index (χ0) is 16.8. The molecule has 6 nitrogen and oxygen atoms in total. The highest BCUT2D eigenvalue weighted by Crippen LogP contribution is 2.22. The Morgan fingerprint density at radius 2 is 1.61 bits per heavy atom. The Morgan fingerprint density at radius 3 is 2.22 bits per heavy atom. The van der Waals surface area contributed by atoms with Crippen LogP contribution in [0.15, 0.2) is 35.7 Å². The molecule has 0 aliphatic rings. The molecule has 0 atom stereocenters. The molecule has 2 aromatic rings. The number of benzene rings is 1. The first-order chi connectivity index (χ1) is 11.0. The van der Waals surface area contributed by atoms with Crippen LogP contribution in [-0.4, -0.2) is 17.7 Å². The van der Waals surface area contributed by atoms with E-state index in [1.54, 1.807) is 5.38 Å². The minimum Gasteiger partial charge on any atom is -0.366 e. The molecular weight excluding hydrogens is 321 g/mol. The van der Waals surface area contributed by atoms with Crippen LogP contribution in [0.3, 0.4) is 0 Å². The van der Waals surface area contributed by atoms with Gasteiger partial charge in [0, 0.05) is 18.5 Å². The fourth-order valence-electron chi connectivity index (χ4n) is 1.77. The lowest BCUT2D eigenvalue weighted by Crippen LogP contribution is -2.19. The van der Waals surface area contributed by atoms with Crippen molar-refractivity contribution in [2.75, 3.05) is 10.6 Å². The fraction of sp³-hybridized carbons (Fsp3) is 0.133. The van der Waals surface area contributed by atoms with Gasteiger partial charge >= 0.3 is 0 Å². The molecule has 3 amide bonds. The Kier molecular flexibility index (Phi) is 5.42. The zero-order valence-corrected chi connectivity index (χ0v) is 12.8. The third-order valence-corrected chi connectivity index (χ3v) is 3.72. The van der Waals surface area contributed by atoms with E-state index >= 15 is 0 Å². The van der Waals surface area contributed by atoms with Crippen molar-refractivity contribution >= 4 is 39.7 Å². The van der Waals surface area contributed by atoms with E-state index in [2.05, 4.69) is 10.6 Å². The Balaban J connectivity index is 1.82. The van der Waals surface area contributed by atoms with Gasteiger partial charge in [-0.2, -0.15) is 0 Å². The van der Waals surface area contributed by atoms with Gasteiger partial charge in [-0.3, -0.25) is 14.4 Å². The first-order valence-electron chi connectivity index (χ1n) is 6.68. The van der Waals surface area contributed by atoms with E-state index in [1.165, 1.54) is 41.7 Å². The lowest BCUT2D eigenvalue weighted by molar-refractivity contribution is -0.121. The zero-order valence-electron chi connectivity index (χ0n) is 12.0. The second-order valence-electron chi connectivity index (χ2n) is 4.63. The smallest absolute Gasteiger partial charge is 0.251 e. The highest BCUT2D eigenvalue weighted by Gasteiger charge is 2.13. The van der Waals surface area contributed by atoms with Crippen LogP contribution < -0.4 is 16.4 Å². The molecule has 1 aromatic heterocycles. The molecule has 1 heterocycles. The van der Waals surface area contributed by atoms with Crippen molar-refractivity contribution in [3.05, 3.63) is 47.1 Å². The number of rotatable bonds is 6. The molecule has 120 valence electrons. The van der Waals surface area contributed by atoms with Crippen LogP contribution in [0.5, 0.6) is 0 Å². The average Bonchev–Trinajstić information content (AvgIpc) is 2.96. The molecule has 1 aromatic carbocycles. The molecule has 8 heteroatoms. The van der Waals surface area contributed by atoms with Gasteiger partial charge in [-0.05, 0) is 35.7 Å². The molecule has 0 aliphatic heterocycles. The predicted octanol–water partition coefficient (Wildman–Crippen LogP) is 2.34. The molecule has 0 saturated carbocycles. The van der Waals surface area contributed by atoms with Gasteiger partial charge < -0.3 is 16.4 Å². The summed E-state index contributed by atoms with van der Waals surface area (Å²) in [7, 11) is 0. The largest absolute Gasteiger partial charge is 0.366 e. The number of hydrogen-bond donors (Lipinski definition) is 3. The number of halogens is 1. The van der Waals surface area contributed by atoms with Gasteiger partial charge in [0.2, 0.25) is 11.8 Å². The van der Waals surface area contributed by atoms with E-state index in [9.17, 15) is 18.8 Å². The van der Waals surface area contributed by atoms with Gasteiger partial charge in [0.15, 0.2) is 0 Å². The van der Waals surface area contributed by atoms with Gasteiger partial charge in [-0.15, -0.1) is 11.3 Å². The Bertz CT molecular complexity index is 728. The summed E-state index contributed by atoms with van der Waals surface area (Å²) >= 11 is 1.18. The number of carbonyl (C=O) groups excluding carboxylic acids is 3. The fourth-order valence-corrected chi connectivity index (χ4v) is 2.58. The maximum Gasteiger partial charge on any atom is 0.251 e. The summed E-state index contributed by atoms with van der Waals surface area (Å²) in [6.45, 7) is 0. The van der Waals surface area contributed by atoms with Crippen molar-refractivity contribution < 1.29 is 18.8 Å². The normalized spacial score (nSPS) is 10.1. The molecule has 4 N–H and O–H groups in total. The van der Waals surface area contributed by atoms with E-state index in [0.717, 1.165) is 0 Å². The van der Waals surface area contributed by atoms with E-state index in [0.29, 0.717) is 10.7 Å². The van der Waals surface area contributed by atoms with Crippen LogP contribution in [0, 0.1) is 5.82 Å². The number of thiophene rings is 1. The molecule has 0 unspecified atom stereocenters. The second kappa shape index (κ2) is 7.50. The minimum atomic E-state index is -0.629. The third kappa shape index (κ3) is 4.89. The highest BCUT2D eigenvalue weighted by atomic mass is 32.1. The van der Waals surface area contributed by atoms with E-state index in [1.807, 2.05) is 0 Å². The van der Waals surface area contributed by atoms with Gasteiger partial charge in [-0.1, -0.05) is 0 Å². The van der Waals surface area contributed by atoms with Gasteiger partial charge in [0.05, 0.1) is 5.56 Å². The molecule has 2 rings (SSSR count). The lowest BCUT2D eigenvalue weighted by Gasteiger charge is -2.06. The summed E-state index contributed by atoms with van der Waals surface area (Å²) in [5.74, 6) is -1.79. The molecule has 0 bridgehead atoms. The average molecular weight is 335 g/mol. The summed E-state index contributed by atoms with van der Waals surface area (Å²) in [6.07, 6.45) is -0.0936. The maximum atomic E-state index is 12.8. The number of primary amides is 1. The monoisotopic (exact) mass is 335 g/mol. The summed E-state index contributed by atoms with van der Waals surface area (Å²) < 4.78 is 12.8. The minimum absolute atomic E-state index is 0.0412. The Hall–Kier alpha value is -2.74. The van der Waals surface area contributed by atoms with Crippen LogP contribution in [0.2, 0.25) is 0 Å². The molecule has 0 fully saturated rings. The molecular formula is C15H14FN3O3S. The van der Waals surface area contributed by atoms with Crippen molar-refractivity contribution in [1.82, 2.24) is 0 Å². The standard InChI is InChI=1S/C15H14FN3O3S/c16-9-1-3-10(4-2-9)18-12(20)5-6-13(21)19-15-11(14(17)22)7-8-23-15/h1-4,7-8H,5-6H2,(H2,17,22)(H,18,20)(H,19,21).